The number of nitrogens with one attached hydrogen (secondary N) is 2. The second-order valence-corrected chi connectivity index (χ2v) is 6.86. The summed E-state index contributed by atoms with van der Waals surface area (Å²) in [6.45, 7) is 1.98. The molecule has 7 heteroatoms. The van der Waals surface area contributed by atoms with E-state index in [4.69, 9.17) is 0 Å². The number of urea groups is 1. The summed E-state index contributed by atoms with van der Waals surface area (Å²) in [4.78, 5) is 26.4. The number of anilines is 1. The SMILES string of the molecule is Cn1cc(-c2ccccc2)c(NC(=O)NCCC(=O)N2CCCCCC2)n1. The van der Waals surface area contributed by atoms with Gasteiger partial charge in [0.25, 0.3) is 0 Å². The molecule has 0 atom stereocenters. The zero-order valence-electron chi connectivity index (χ0n) is 15.8. The van der Waals surface area contributed by atoms with Crippen molar-refractivity contribution in [2.45, 2.75) is 32.1 Å². The molecule has 2 aromatic rings. The number of likely N-dealkylation sites (tertiary alicyclic amines) is 1. The average Bonchev–Trinajstić information content (AvgIpc) is 2.86. The van der Waals surface area contributed by atoms with Crippen LogP contribution in [0.5, 0.6) is 0 Å². The number of nitrogens with zero attached hydrogens (tertiary/aromatic N) is 3. The lowest BCUT2D eigenvalue weighted by atomic mass is 10.1. The van der Waals surface area contributed by atoms with Crippen LogP contribution in [0, 0.1) is 0 Å². The van der Waals surface area contributed by atoms with Crippen molar-refractivity contribution in [1.82, 2.24) is 20.0 Å². The Morgan fingerprint density at radius 1 is 1.07 bits per heavy atom. The van der Waals surface area contributed by atoms with Gasteiger partial charge in [0.05, 0.1) is 0 Å². The van der Waals surface area contributed by atoms with Crippen LogP contribution in [0.2, 0.25) is 0 Å². The Bertz CT molecular complexity index is 764. The first kappa shape index (κ1) is 18.9. The van der Waals surface area contributed by atoms with Crippen LogP contribution in [0.3, 0.4) is 0 Å². The minimum absolute atomic E-state index is 0.111. The van der Waals surface area contributed by atoms with E-state index in [0.717, 1.165) is 37.1 Å². The van der Waals surface area contributed by atoms with Gasteiger partial charge in [0.1, 0.15) is 0 Å². The molecule has 7 nitrogen and oxygen atoms in total. The van der Waals surface area contributed by atoms with E-state index >= 15 is 0 Å². The van der Waals surface area contributed by atoms with Crippen molar-refractivity contribution in [3.05, 3.63) is 36.5 Å². The normalized spacial score (nSPS) is 14.5. The van der Waals surface area contributed by atoms with Crippen LogP contribution in [-0.4, -0.2) is 46.3 Å². The van der Waals surface area contributed by atoms with E-state index in [1.54, 1.807) is 4.68 Å². The van der Waals surface area contributed by atoms with Crippen molar-refractivity contribution < 1.29 is 9.59 Å². The van der Waals surface area contributed by atoms with Crippen LogP contribution in [0.4, 0.5) is 10.6 Å². The highest BCUT2D eigenvalue weighted by atomic mass is 16.2. The van der Waals surface area contributed by atoms with Crippen LogP contribution in [0.15, 0.2) is 36.5 Å². The molecule has 1 aliphatic heterocycles. The van der Waals surface area contributed by atoms with Gasteiger partial charge in [-0.05, 0) is 18.4 Å². The Morgan fingerprint density at radius 3 is 2.48 bits per heavy atom. The third-order valence-electron chi connectivity index (χ3n) is 4.73. The summed E-state index contributed by atoms with van der Waals surface area (Å²) in [6.07, 6.45) is 6.72. The molecule has 144 valence electrons. The molecule has 1 aromatic heterocycles. The minimum Gasteiger partial charge on any atom is -0.343 e. The first-order chi connectivity index (χ1) is 13.1. The first-order valence-electron chi connectivity index (χ1n) is 9.55. The first-order valence-corrected chi connectivity index (χ1v) is 9.55. The molecule has 2 N–H and O–H groups in total. The standard InChI is InChI=1S/C20H27N5O2/c1-24-15-17(16-9-5-4-6-10-16)19(23-24)22-20(27)21-12-11-18(26)25-13-7-2-3-8-14-25/h4-6,9-10,15H,2-3,7-8,11-14H2,1H3,(H2,21,22,23,27). The van der Waals surface area contributed by atoms with Gasteiger partial charge in [0.15, 0.2) is 5.82 Å². The number of amides is 3. The zero-order chi connectivity index (χ0) is 19.1. The predicted molar refractivity (Wildman–Crippen MR) is 105 cm³/mol. The smallest absolute Gasteiger partial charge is 0.320 e. The Balaban J connectivity index is 1.50. The number of benzene rings is 1. The maximum absolute atomic E-state index is 12.3. The summed E-state index contributed by atoms with van der Waals surface area (Å²) in [5.41, 5.74) is 1.84. The average molecular weight is 369 g/mol. The lowest BCUT2D eigenvalue weighted by Crippen LogP contribution is -2.36. The maximum atomic E-state index is 12.3. The quantitative estimate of drug-likeness (QED) is 0.850. The zero-order valence-corrected chi connectivity index (χ0v) is 15.8. The molecule has 1 aromatic carbocycles. The van der Waals surface area contributed by atoms with Crippen molar-refractivity contribution in [3.63, 3.8) is 0 Å². The summed E-state index contributed by atoms with van der Waals surface area (Å²) in [5.74, 6) is 0.611. The number of carbonyl (C=O) groups is 2. The molecule has 1 saturated heterocycles. The molecule has 0 saturated carbocycles. The summed E-state index contributed by atoms with van der Waals surface area (Å²) < 4.78 is 1.67. The highest BCUT2D eigenvalue weighted by molar-refractivity contribution is 5.93. The van der Waals surface area contributed by atoms with Crippen molar-refractivity contribution >= 4 is 17.8 Å². The van der Waals surface area contributed by atoms with Gasteiger partial charge in [-0.25, -0.2) is 4.79 Å². The van der Waals surface area contributed by atoms with Gasteiger partial charge in [0.2, 0.25) is 5.91 Å². The van der Waals surface area contributed by atoms with Crippen molar-refractivity contribution in [2.75, 3.05) is 25.0 Å². The Hall–Kier alpha value is -2.83. The molecule has 1 aliphatic rings. The van der Waals surface area contributed by atoms with E-state index in [-0.39, 0.29) is 11.9 Å². The maximum Gasteiger partial charge on any atom is 0.320 e. The minimum atomic E-state index is -0.352. The highest BCUT2D eigenvalue weighted by Crippen LogP contribution is 2.26. The number of hydrogen-bond donors (Lipinski definition) is 2. The predicted octanol–water partition coefficient (Wildman–Crippen LogP) is 3.00. The lowest BCUT2D eigenvalue weighted by Gasteiger charge is -2.20. The van der Waals surface area contributed by atoms with Crippen molar-refractivity contribution in [2.24, 2.45) is 7.05 Å². The molecule has 0 radical (unpaired) electrons. The van der Waals surface area contributed by atoms with Gasteiger partial charge in [0, 0.05) is 44.9 Å². The second kappa shape index (κ2) is 9.21. The summed E-state index contributed by atoms with van der Waals surface area (Å²) in [6, 6.07) is 9.43. The number of aromatic nitrogens is 2. The van der Waals surface area contributed by atoms with Gasteiger partial charge in [-0.1, -0.05) is 43.2 Å². The van der Waals surface area contributed by atoms with Crippen molar-refractivity contribution in [1.29, 1.82) is 0 Å². The van der Waals surface area contributed by atoms with E-state index in [1.165, 1.54) is 12.8 Å². The fourth-order valence-corrected chi connectivity index (χ4v) is 3.32. The third kappa shape index (κ3) is 5.32. The fourth-order valence-electron chi connectivity index (χ4n) is 3.32. The molecule has 27 heavy (non-hydrogen) atoms. The molecule has 0 bridgehead atoms. The molecule has 3 amide bonds. The molecule has 0 unspecified atom stereocenters. The van der Waals surface area contributed by atoms with Gasteiger partial charge in [-0.3, -0.25) is 14.8 Å². The van der Waals surface area contributed by atoms with E-state index < -0.39 is 0 Å². The van der Waals surface area contributed by atoms with Gasteiger partial charge < -0.3 is 10.2 Å². The van der Waals surface area contributed by atoms with E-state index in [2.05, 4.69) is 15.7 Å². The van der Waals surface area contributed by atoms with E-state index in [1.807, 2.05) is 48.5 Å². The van der Waals surface area contributed by atoms with E-state index in [0.29, 0.717) is 18.8 Å². The van der Waals surface area contributed by atoms with Crippen LogP contribution in [0.25, 0.3) is 11.1 Å². The fraction of sp³-hybridized carbons (Fsp3) is 0.450. The molecule has 3 rings (SSSR count). The highest BCUT2D eigenvalue weighted by Gasteiger charge is 2.16. The number of aryl methyl sites for hydroxylation is 1. The molecule has 0 aliphatic carbocycles. The van der Waals surface area contributed by atoms with E-state index in [9.17, 15) is 9.59 Å². The Kier molecular flexibility index (Phi) is 6.46. The summed E-state index contributed by atoms with van der Waals surface area (Å²) in [7, 11) is 1.81. The largest absolute Gasteiger partial charge is 0.343 e. The monoisotopic (exact) mass is 369 g/mol. The number of rotatable bonds is 5. The Labute approximate surface area is 159 Å². The summed E-state index contributed by atoms with van der Waals surface area (Å²) >= 11 is 0. The number of hydrogen-bond acceptors (Lipinski definition) is 3. The lowest BCUT2D eigenvalue weighted by molar-refractivity contribution is -0.131. The Morgan fingerprint density at radius 2 is 1.78 bits per heavy atom. The molecule has 0 spiro atoms. The molecule has 1 fully saturated rings. The van der Waals surface area contributed by atoms with Gasteiger partial charge in [-0.2, -0.15) is 5.10 Å². The van der Waals surface area contributed by atoms with Gasteiger partial charge in [-0.15, -0.1) is 0 Å². The molecule has 2 heterocycles. The summed E-state index contributed by atoms with van der Waals surface area (Å²) in [5, 5.41) is 9.87. The van der Waals surface area contributed by atoms with Crippen molar-refractivity contribution in [3.8, 4) is 11.1 Å². The second-order valence-electron chi connectivity index (χ2n) is 6.86. The van der Waals surface area contributed by atoms with Crippen LogP contribution in [0.1, 0.15) is 32.1 Å². The van der Waals surface area contributed by atoms with Crippen LogP contribution >= 0.6 is 0 Å². The third-order valence-corrected chi connectivity index (χ3v) is 4.73. The van der Waals surface area contributed by atoms with Crippen LogP contribution < -0.4 is 10.6 Å². The van der Waals surface area contributed by atoms with Gasteiger partial charge >= 0.3 is 6.03 Å². The van der Waals surface area contributed by atoms with Crippen LogP contribution in [-0.2, 0) is 11.8 Å². The number of carbonyl (C=O) groups excluding carboxylic acids is 2. The topological polar surface area (TPSA) is 79.3 Å². The molecular weight excluding hydrogens is 342 g/mol. The molecular formula is C20H27N5O2.